The third-order valence-corrected chi connectivity index (χ3v) is 4.64. The molecule has 3 heterocycles. The first-order chi connectivity index (χ1) is 12.3. The van der Waals surface area contributed by atoms with Crippen molar-refractivity contribution in [2.45, 2.75) is 0 Å². The van der Waals surface area contributed by atoms with E-state index in [4.69, 9.17) is 14.5 Å². The number of hydrogen-bond acceptors (Lipinski definition) is 4. The molecule has 5 nitrogen and oxygen atoms in total. The number of ether oxygens (including phenoxy) is 2. The minimum Gasteiger partial charge on any atom is -0.497 e. The third kappa shape index (κ3) is 1.83. The van der Waals surface area contributed by atoms with Crippen molar-refractivity contribution in [3.05, 3.63) is 54.7 Å². The van der Waals surface area contributed by atoms with Crippen molar-refractivity contribution < 1.29 is 9.47 Å². The Morgan fingerprint density at radius 3 is 2.52 bits per heavy atom. The Balaban J connectivity index is 1.93. The average Bonchev–Trinajstić information content (AvgIpc) is 3.22. The van der Waals surface area contributed by atoms with Gasteiger partial charge in [0.2, 0.25) is 5.78 Å². The molecule has 0 unspecified atom stereocenters. The van der Waals surface area contributed by atoms with E-state index in [2.05, 4.69) is 15.5 Å². The number of nitrogens with zero attached hydrogens (tertiary/aromatic N) is 3. The highest BCUT2D eigenvalue weighted by Crippen LogP contribution is 2.40. The first-order valence-corrected chi connectivity index (χ1v) is 8.01. The molecule has 0 atom stereocenters. The molecule has 25 heavy (non-hydrogen) atoms. The lowest BCUT2D eigenvalue weighted by Crippen LogP contribution is -1.87. The van der Waals surface area contributed by atoms with Crippen molar-refractivity contribution in [3.8, 4) is 22.8 Å². The van der Waals surface area contributed by atoms with Gasteiger partial charge in [-0.25, -0.2) is 9.97 Å². The second-order valence-electron chi connectivity index (χ2n) is 5.89. The van der Waals surface area contributed by atoms with Gasteiger partial charge < -0.3 is 9.47 Å². The zero-order valence-electron chi connectivity index (χ0n) is 13.9. The van der Waals surface area contributed by atoms with Crippen LogP contribution in [0.15, 0.2) is 54.7 Å². The molecule has 5 rings (SSSR count). The van der Waals surface area contributed by atoms with Gasteiger partial charge in [0.25, 0.3) is 0 Å². The van der Waals surface area contributed by atoms with Gasteiger partial charge in [0.1, 0.15) is 11.5 Å². The maximum absolute atomic E-state index is 5.59. The maximum atomic E-state index is 5.59. The Bertz CT molecular complexity index is 1210. The van der Waals surface area contributed by atoms with Crippen molar-refractivity contribution >= 4 is 27.6 Å². The molecule has 0 radical (unpaired) electrons. The molecule has 0 fully saturated rings. The normalized spacial score (nSPS) is 11.6. The van der Waals surface area contributed by atoms with E-state index in [1.165, 1.54) is 0 Å². The topological polar surface area (TPSA) is 48.7 Å². The van der Waals surface area contributed by atoms with E-state index in [0.29, 0.717) is 5.78 Å². The number of rotatable bonds is 3. The van der Waals surface area contributed by atoms with Gasteiger partial charge in [-0.15, -0.1) is 0 Å². The molecular formula is C20H15N3O2. The van der Waals surface area contributed by atoms with Crippen LogP contribution in [-0.2, 0) is 0 Å². The number of hydrogen-bond donors (Lipinski definition) is 0. The second-order valence-corrected chi connectivity index (χ2v) is 5.89. The zero-order chi connectivity index (χ0) is 17.0. The van der Waals surface area contributed by atoms with Crippen LogP contribution < -0.4 is 9.47 Å². The quantitative estimate of drug-likeness (QED) is 0.499. The van der Waals surface area contributed by atoms with E-state index in [1.807, 2.05) is 42.5 Å². The number of benzene rings is 2. The van der Waals surface area contributed by atoms with Crippen molar-refractivity contribution in [3.63, 3.8) is 0 Å². The first kappa shape index (κ1) is 14.0. The second kappa shape index (κ2) is 5.08. The lowest BCUT2D eigenvalue weighted by molar-refractivity contribution is 0.415. The van der Waals surface area contributed by atoms with E-state index in [-0.39, 0.29) is 0 Å². The van der Waals surface area contributed by atoms with Crippen LogP contribution in [0.5, 0.6) is 11.5 Å². The van der Waals surface area contributed by atoms with Gasteiger partial charge in [0.15, 0.2) is 0 Å². The minimum absolute atomic E-state index is 0.691. The Hall–Kier alpha value is -3.34. The van der Waals surface area contributed by atoms with Crippen LogP contribution in [0.2, 0.25) is 0 Å². The van der Waals surface area contributed by atoms with Crippen molar-refractivity contribution in [1.82, 2.24) is 14.4 Å². The van der Waals surface area contributed by atoms with Gasteiger partial charge in [-0.05, 0) is 36.4 Å². The van der Waals surface area contributed by atoms with Gasteiger partial charge in [0, 0.05) is 17.1 Å². The maximum Gasteiger partial charge on any atom is 0.235 e. The van der Waals surface area contributed by atoms with Crippen molar-refractivity contribution in [2.75, 3.05) is 14.2 Å². The standard InChI is InChI=1S/C20H15N3O2/c1-24-13-8-6-12(7-9-13)18-19-14-4-3-5-16(25-2)17(14)15-10-11-21-20(22-18)23(15)19/h3-11H,1-2H3. The van der Waals surface area contributed by atoms with Crippen LogP contribution >= 0.6 is 0 Å². The number of aromatic nitrogens is 3. The van der Waals surface area contributed by atoms with E-state index in [9.17, 15) is 0 Å². The first-order valence-electron chi connectivity index (χ1n) is 8.01. The Kier molecular flexibility index (Phi) is 2.85. The van der Waals surface area contributed by atoms with E-state index in [1.54, 1.807) is 20.4 Å². The summed E-state index contributed by atoms with van der Waals surface area (Å²) in [5, 5.41) is 2.20. The SMILES string of the molecule is COc1ccc(-c2nc3nccc4c5c(OC)cccc5c2n34)cc1. The Labute approximate surface area is 143 Å². The largest absolute Gasteiger partial charge is 0.497 e. The summed E-state index contributed by atoms with van der Waals surface area (Å²) in [6, 6.07) is 16.0. The summed E-state index contributed by atoms with van der Waals surface area (Å²) in [5.74, 6) is 2.37. The zero-order valence-corrected chi connectivity index (χ0v) is 13.9. The highest BCUT2D eigenvalue weighted by molar-refractivity contribution is 6.15. The third-order valence-electron chi connectivity index (χ3n) is 4.64. The predicted molar refractivity (Wildman–Crippen MR) is 97.7 cm³/mol. The fourth-order valence-electron chi connectivity index (χ4n) is 3.53. The summed E-state index contributed by atoms with van der Waals surface area (Å²) in [6.45, 7) is 0. The molecular weight excluding hydrogens is 314 g/mol. The average molecular weight is 329 g/mol. The summed E-state index contributed by atoms with van der Waals surface area (Å²) in [5.41, 5.74) is 4.05. The van der Waals surface area contributed by atoms with Crippen LogP contribution in [0, 0.1) is 0 Å². The van der Waals surface area contributed by atoms with Crippen molar-refractivity contribution in [2.24, 2.45) is 0 Å². The van der Waals surface area contributed by atoms with Crippen LogP contribution in [0.3, 0.4) is 0 Å². The van der Waals surface area contributed by atoms with E-state index >= 15 is 0 Å². The summed E-state index contributed by atoms with van der Waals surface area (Å²) in [6.07, 6.45) is 1.79. The number of imidazole rings is 1. The van der Waals surface area contributed by atoms with Gasteiger partial charge in [-0.3, -0.25) is 4.40 Å². The molecule has 5 heteroatoms. The minimum atomic E-state index is 0.691. The Morgan fingerprint density at radius 1 is 0.920 bits per heavy atom. The monoisotopic (exact) mass is 329 g/mol. The fraction of sp³-hybridized carbons (Fsp3) is 0.100. The molecule has 0 N–H and O–H groups in total. The number of fused-ring (bicyclic) bond motifs is 3. The highest BCUT2D eigenvalue weighted by Gasteiger charge is 2.21. The van der Waals surface area contributed by atoms with Gasteiger partial charge in [-0.1, -0.05) is 12.1 Å². The van der Waals surface area contributed by atoms with Gasteiger partial charge in [-0.2, -0.15) is 0 Å². The molecule has 122 valence electrons. The van der Waals surface area contributed by atoms with Crippen LogP contribution in [-0.4, -0.2) is 28.6 Å². The molecule has 0 bridgehead atoms. The van der Waals surface area contributed by atoms with Gasteiger partial charge in [0.05, 0.1) is 36.3 Å². The lowest BCUT2D eigenvalue weighted by atomic mass is 10.1. The van der Waals surface area contributed by atoms with Crippen LogP contribution in [0.1, 0.15) is 0 Å². The molecule has 0 spiro atoms. The fourth-order valence-corrected chi connectivity index (χ4v) is 3.53. The van der Waals surface area contributed by atoms with Crippen LogP contribution in [0.4, 0.5) is 0 Å². The van der Waals surface area contributed by atoms with Crippen LogP contribution in [0.25, 0.3) is 38.8 Å². The molecule has 0 saturated heterocycles. The molecule has 2 aromatic carbocycles. The number of methoxy groups -OCH3 is 2. The molecule has 5 aromatic rings. The molecule has 0 aliphatic carbocycles. The van der Waals surface area contributed by atoms with E-state index < -0.39 is 0 Å². The summed E-state index contributed by atoms with van der Waals surface area (Å²) in [7, 11) is 3.36. The highest BCUT2D eigenvalue weighted by atomic mass is 16.5. The molecule has 0 aliphatic heterocycles. The summed E-state index contributed by atoms with van der Waals surface area (Å²) >= 11 is 0. The van der Waals surface area contributed by atoms with E-state index in [0.717, 1.165) is 44.6 Å². The molecule has 3 aromatic heterocycles. The smallest absolute Gasteiger partial charge is 0.235 e. The summed E-state index contributed by atoms with van der Waals surface area (Å²) in [4.78, 5) is 9.22. The molecule has 0 aliphatic rings. The Morgan fingerprint density at radius 2 is 1.76 bits per heavy atom. The lowest BCUT2D eigenvalue weighted by Gasteiger charge is -2.03. The van der Waals surface area contributed by atoms with Crippen molar-refractivity contribution in [1.29, 1.82) is 0 Å². The van der Waals surface area contributed by atoms with Gasteiger partial charge >= 0.3 is 0 Å². The molecule has 0 saturated carbocycles. The molecule has 0 amide bonds. The predicted octanol–water partition coefficient (Wildman–Crippen LogP) is 4.16. The summed E-state index contributed by atoms with van der Waals surface area (Å²) < 4.78 is 13.0.